The van der Waals surface area contributed by atoms with Crippen LogP contribution in [0.15, 0.2) is 49.1 Å². The summed E-state index contributed by atoms with van der Waals surface area (Å²) in [7, 11) is 0. The third-order valence-corrected chi connectivity index (χ3v) is 4.25. The van der Waals surface area contributed by atoms with Gasteiger partial charge in [-0.25, -0.2) is 0 Å². The molecule has 0 saturated carbocycles. The molecule has 8 heteroatoms. The van der Waals surface area contributed by atoms with Gasteiger partial charge >= 0.3 is 0 Å². The number of thioether (sulfide) groups is 1. The molecule has 2 rings (SSSR count). The van der Waals surface area contributed by atoms with E-state index in [9.17, 15) is 14.9 Å². The molecule has 0 saturated heterocycles. The maximum Gasteiger partial charge on any atom is 0.281 e. The van der Waals surface area contributed by atoms with Crippen LogP contribution in [0.5, 0.6) is 11.5 Å². The number of ether oxygens (including phenoxy) is 1. The first-order chi connectivity index (χ1) is 11.4. The highest BCUT2D eigenvalue weighted by Crippen LogP contribution is 2.34. The molecule has 0 radical (unpaired) electrons. The van der Waals surface area contributed by atoms with Crippen molar-refractivity contribution in [2.75, 3.05) is 5.75 Å². The van der Waals surface area contributed by atoms with E-state index in [0.29, 0.717) is 16.5 Å². The molecule has 0 atom stereocenters. The molecule has 5 nitrogen and oxygen atoms in total. The SMILES string of the molecule is C=CCSC(=O)c1cc(Oc2ccc(Cl)cc2Cl)ccc1[N+](=O)[O-]. The Morgan fingerprint density at radius 3 is 2.67 bits per heavy atom. The second-order valence-corrected chi connectivity index (χ2v) is 6.34. The van der Waals surface area contributed by atoms with E-state index in [1.807, 2.05) is 0 Å². The second-order valence-electron chi connectivity index (χ2n) is 4.50. The first-order valence-electron chi connectivity index (χ1n) is 6.61. The lowest BCUT2D eigenvalue weighted by molar-refractivity contribution is -0.385. The van der Waals surface area contributed by atoms with Gasteiger partial charge in [0.2, 0.25) is 5.12 Å². The Hall–Kier alpha value is -2.02. The minimum atomic E-state index is -0.610. The Morgan fingerprint density at radius 1 is 1.29 bits per heavy atom. The van der Waals surface area contributed by atoms with Crippen LogP contribution in [0.4, 0.5) is 5.69 Å². The van der Waals surface area contributed by atoms with Crippen molar-refractivity contribution in [3.05, 3.63) is 74.8 Å². The molecule has 0 bridgehead atoms. The second kappa shape index (κ2) is 8.19. The third-order valence-electron chi connectivity index (χ3n) is 2.84. The van der Waals surface area contributed by atoms with Gasteiger partial charge in [0.05, 0.1) is 9.95 Å². The van der Waals surface area contributed by atoms with Crippen LogP contribution < -0.4 is 4.74 Å². The van der Waals surface area contributed by atoms with Crippen molar-refractivity contribution in [1.29, 1.82) is 0 Å². The van der Waals surface area contributed by atoms with Gasteiger partial charge in [-0.2, -0.15) is 0 Å². The van der Waals surface area contributed by atoms with Crippen LogP contribution in [0, 0.1) is 10.1 Å². The smallest absolute Gasteiger partial charge is 0.281 e. The quantitative estimate of drug-likeness (QED) is 0.360. The molecule has 0 heterocycles. The summed E-state index contributed by atoms with van der Waals surface area (Å²) in [5, 5.41) is 11.4. The molecule has 2 aromatic rings. The van der Waals surface area contributed by atoms with Crippen molar-refractivity contribution in [3.8, 4) is 11.5 Å². The van der Waals surface area contributed by atoms with Gasteiger partial charge in [0.1, 0.15) is 17.1 Å². The van der Waals surface area contributed by atoms with Gasteiger partial charge < -0.3 is 4.74 Å². The average Bonchev–Trinajstić information content (AvgIpc) is 2.55. The van der Waals surface area contributed by atoms with E-state index >= 15 is 0 Å². The summed E-state index contributed by atoms with van der Waals surface area (Å²) < 4.78 is 5.60. The molecule has 0 fully saturated rings. The van der Waals surface area contributed by atoms with Crippen molar-refractivity contribution < 1.29 is 14.5 Å². The lowest BCUT2D eigenvalue weighted by Gasteiger charge is -2.09. The van der Waals surface area contributed by atoms with E-state index in [0.717, 1.165) is 11.8 Å². The predicted octanol–water partition coefficient (Wildman–Crippen LogP) is 5.75. The Labute approximate surface area is 152 Å². The van der Waals surface area contributed by atoms with E-state index in [1.54, 1.807) is 18.2 Å². The zero-order valence-corrected chi connectivity index (χ0v) is 14.5. The van der Waals surface area contributed by atoms with Crippen molar-refractivity contribution in [2.45, 2.75) is 0 Å². The standard InChI is InChI=1S/C16H11Cl2NO4S/c1-2-7-24-16(20)12-9-11(4-5-14(12)19(21)22)23-15-6-3-10(17)8-13(15)18/h2-6,8-9H,1,7H2. The van der Waals surface area contributed by atoms with Gasteiger partial charge in [-0.3, -0.25) is 14.9 Å². The third kappa shape index (κ3) is 4.50. The number of carbonyl (C=O) groups is 1. The maximum atomic E-state index is 12.2. The number of hydrogen-bond donors (Lipinski definition) is 0. The fourth-order valence-corrected chi connectivity index (χ4v) is 2.83. The molecule has 24 heavy (non-hydrogen) atoms. The molecule has 0 unspecified atom stereocenters. The minimum Gasteiger partial charge on any atom is -0.456 e. The van der Waals surface area contributed by atoms with Gasteiger partial charge in [-0.15, -0.1) is 6.58 Å². The number of hydrogen-bond acceptors (Lipinski definition) is 5. The van der Waals surface area contributed by atoms with Gasteiger partial charge in [-0.1, -0.05) is 41.0 Å². The van der Waals surface area contributed by atoms with Crippen LogP contribution in [0.1, 0.15) is 10.4 Å². The molecule has 124 valence electrons. The molecular weight excluding hydrogens is 373 g/mol. The molecule has 0 aliphatic carbocycles. The lowest BCUT2D eigenvalue weighted by atomic mass is 10.2. The van der Waals surface area contributed by atoms with Gasteiger partial charge in [-0.05, 0) is 30.3 Å². The largest absolute Gasteiger partial charge is 0.456 e. The predicted molar refractivity (Wildman–Crippen MR) is 96.6 cm³/mol. The molecule has 0 spiro atoms. The highest BCUT2D eigenvalue weighted by Gasteiger charge is 2.21. The first kappa shape index (κ1) is 18.3. The van der Waals surface area contributed by atoms with Gasteiger partial charge in [0.25, 0.3) is 5.69 Å². The monoisotopic (exact) mass is 383 g/mol. The normalized spacial score (nSPS) is 10.2. The van der Waals surface area contributed by atoms with E-state index in [-0.39, 0.29) is 22.0 Å². The zero-order chi connectivity index (χ0) is 17.7. The van der Waals surface area contributed by atoms with Crippen LogP contribution in [0.25, 0.3) is 0 Å². The maximum absolute atomic E-state index is 12.2. The van der Waals surface area contributed by atoms with E-state index in [1.165, 1.54) is 24.3 Å². The summed E-state index contributed by atoms with van der Waals surface area (Å²) in [6, 6.07) is 8.62. The number of nitrogens with zero attached hydrogens (tertiary/aromatic N) is 1. The Bertz CT molecular complexity index is 811. The molecule has 0 aliphatic heterocycles. The summed E-state index contributed by atoms with van der Waals surface area (Å²) in [5.41, 5.74) is -0.333. The topological polar surface area (TPSA) is 69.4 Å². The summed E-state index contributed by atoms with van der Waals surface area (Å²) >= 11 is 12.8. The van der Waals surface area contributed by atoms with Crippen molar-refractivity contribution in [3.63, 3.8) is 0 Å². The highest BCUT2D eigenvalue weighted by atomic mass is 35.5. The van der Waals surface area contributed by atoms with Crippen molar-refractivity contribution in [2.24, 2.45) is 0 Å². The molecule has 2 aromatic carbocycles. The summed E-state index contributed by atoms with van der Waals surface area (Å²) in [6.45, 7) is 3.52. The van der Waals surface area contributed by atoms with Crippen LogP contribution >= 0.6 is 35.0 Å². The van der Waals surface area contributed by atoms with Crippen molar-refractivity contribution in [1.82, 2.24) is 0 Å². The lowest BCUT2D eigenvalue weighted by Crippen LogP contribution is -2.01. The molecule has 0 N–H and O–H groups in total. The minimum absolute atomic E-state index is 0.0468. The number of rotatable bonds is 6. The first-order valence-corrected chi connectivity index (χ1v) is 8.36. The molecule has 0 amide bonds. The number of halogens is 2. The van der Waals surface area contributed by atoms with Crippen LogP contribution in [-0.4, -0.2) is 15.8 Å². The average molecular weight is 384 g/mol. The number of carbonyl (C=O) groups excluding carboxylic acids is 1. The van der Waals surface area contributed by atoms with Crippen LogP contribution in [0.3, 0.4) is 0 Å². The molecule has 0 aliphatic rings. The molecule has 0 aromatic heterocycles. The summed E-state index contributed by atoms with van der Waals surface area (Å²) in [5.74, 6) is 0.934. The van der Waals surface area contributed by atoms with E-state index < -0.39 is 10.0 Å². The van der Waals surface area contributed by atoms with Gasteiger partial charge in [0, 0.05) is 16.8 Å². The van der Waals surface area contributed by atoms with Crippen LogP contribution in [-0.2, 0) is 0 Å². The highest BCUT2D eigenvalue weighted by molar-refractivity contribution is 8.14. The van der Waals surface area contributed by atoms with E-state index in [2.05, 4.69) is 6.58 Å². The summed E-state index contributed by atoms with van der Waals surface area (Å²) in [6.07, 6.45) is 1.54. The van der Waals surface area contributed by atoms with Crippen molar-refractivity contribution >= 4 is 45.8 Å². The van der Waals surface area contributed by atoms with Gasteiger partial charge in [0.15, 0.2) is 0 Å². The Kier molecular flexibility index (Phi) is 6.25. The number of nitro benzene ring substituents is 1. The Balaban J connectivity index is 2.36. The number of nitro groups is 1. The fraction of sp³-hybridized carbons (Fsp3) is 0.0625. The van der Waals surface area contributed by atoms with E-state index in [4.69, 9.17) is 27.9 Å². The fourth-order valence-electron chi connectivity index (χ4n) is 1.80. The Morgan fingerprint density at radius 2 is 2.04 bits per heavy atom. The van der Waals surface area contributed by atoms with Crippen LogP contribution in [0.2, 0.25) is 10.0 Å². The summed E-state index contributed by atoms with van der Waals surface area (Å²) in [4.78, 5) is 22.7. The zero-order valence-electron chi connectivity index (χ0n) is 12.2. The molecular formula is C16H11Cl2NO4S. The number of benzene rings is 2.